The number of anilines is 10. The van der Waals surface area contributed by atoms with Crippen molar-refractivity contribution in [2.75, 3.05) is 19.6 Å². The Morgan fingerprint density at radius 1 is 0.423 bits per heavy atom. The number of para-hydroxylation sites is 4. The Kier molecular flexibility index (Phi) is 9.13. The van der Waals surface area contributed by atoms with Crippen LogP contribution >= 0.6 is 11.3 Å². The average molecular weight is 1030 g/mol. The number of aryl methyl sites for hydroxylation is 1. The van der Waals surface area contributed by atoms with Gasteiger partial charge in [0.2, 0.25) is 0 Å². The summed E-state index contributed by atoms with van der Waals surface area (Å²) >= 11 is 1.90. The Balaban J connectivity index is 0.949. The summed E-state index contributed by atoms with van der Waals surface area (Å²) in [5, 5.41) is 4.90. The molecule has 6 aliphatic rings. The van der Waals surface area contributed by atoms with Crippen molar-refractivity contribution >= 4 is 133 Å². The van der Waals surface area contributed by atoms with E-state index in [4.69, 9.17) is 4.42 Å². The topological polar surface area (TPSA) is 26.1 Å². The van der Waals surface area contributed by atoms with Crippen molar-refractivity contribution in [2.45, 2.75) is 108 Å². The van der Waals surface area contributed by atoms with Crippen molar-refractivity contribution in [2.24, 2.45) is 0 Å². The summed E-state index contributed by atoms with van der Waals surface area (Å²) in [6, 6.07) is 70.2. The maximum atomic E-state index is 7.06. The lowest BCUT2D eigenvalue weighted by Crippen LogP contribution is -2.61. The highest BCUT2D eigenvalue weighted by Gasteiger charge is 2.59. The van der Waals surface area contributed by atoms with Crippen LogP contribution in [-0.4, -0.2) is 17.8 Å². The van der Waals surface area contributed by atoms with Gasteiger partial charge in [-0.05, 0) is 158 Å². The second-order valence-electron chi connectivity index (χ2n) is 24.7. The molecule has 6 heterocycles. The molecule has 0 N–H and O–H groups in total. The zero-order chi connectivity index (χ0) is 52.0. The van der Waals surface area contributed by atoms with E-state index in [9.17, 15) is 0 Å². The number of fused-ring (bicyclic) bond motifs is 16. The average Bonchev–Trinajstić information content (AvgIpc) is 4.23. The molecule has 2 aromatic heterocycles. The Morgan fingerprint density at radius 3 is 1.63 bits per heavy atom. The molecule has 2 fully saturated rings. The van der Waals surface area contributed by atoms with Crippen molar-refractivity contribution in [1.29, 1.82) is 0 Å². The maximum Gasteiger partial charge on any atom is 0.252 e. The minimum atomic E-state index is -0.0911. The number of rotatable bonds is 4. The van der Waals surface area contributed by atoms with Crippen LogP contribution < -0.4 is 36.0 Å². The van der Waals surface area contributed by atoms with Crippen LogP contribution in [0.5, 0.6) is 0 Å². The standard InChI is InChI=1S/C71H61BN4OS/c1-44-39-61-66-62(40-44)74(58-26-18-21-51-48-19-6-12-27-63(48)77-67(51)58)60-42-47(76-57-25-11-9-23-53(57)69(3)36-15-17-38-71(69,76)5)31-34-55(60)72(66)54-33-30-46(75-56-24-10-8-22-52(56)68(2)35-14-16-37-70(68,75)4)41-59(54)73(61)45-29-32-50-49-20-7-13-28-64(49)78-65(50)43-45/h6-13,18-34,39-43H,14-17,35-38H2,1-5H3. The van der Waals surface area contributed by atoms with Crippen molar-refractivity contribution in [3.05, 3.63) is 199 Å². The molecule has 0 amide bonds. The smallest absolute Gasteiger partial charge is 0.252 e. The van der Waals surface area contributed by atoms with E-state index in [1.807, 2.05) is 11.3 Å². The molecule has 0 bridgehead atoms. The maximum absolute atomic E-state index is 7.06. The second-order valence-corrected chi connectivity index (χ2v) is 25.8. The Morgan fingerprint density at radius 2 is 0.949 bits per heavy atom. The first-order valence-corrected chi connectivity index (χ1v) is 29.5. The molecule has 11 aromatic rings. The molecule has 0 spiro atoms. The second kappa shape index (κ2) is 15.7. The van der Waals surface area contributed by atoms with Gasteiger partial charge in [0, 0.05) is 93.0 Å². The molecule has 7 heteroatoms. The van der Waals surface area contributed by atoms with E-state index in [1.54, 1.807) is 0 Å². The predicted molar refractivity (Wildman–Crippen MR) is 331 cm³/mol. The number of benzene rings is 9. The first-order valence-electron chi connectivity index (χ1n) is 28.7. The third kappa shape index (κ3) is 5.68. The molecule has 17 rings (SSSR count). The quantitative estimate of drug-likeness (QED) is 0.164. The van der Waals surface area contributed by atoms with E-state index in [0.717, 1.165) is 40.5 Å². The van der Waals surface area contributed by atoms with Gasteiger partial charge in [-0.25, -0.2) is 0 Å². The molecule has 2 saturated carbocycles. The normalized spacial score (nSPS) is 23.6. The number of thiophene rings is 1. The van der Waals surface area contributed by atoms with E-state index in [-0.39, 0.29) is 28.6 Å². The Bertz CT molecular complexity index is 4400. The molecule has 5 nitrogen and oxygen atoms in total. The molecule has 9 aromatic carbocycles. The fourth-order valence-electron chi connectivity index (χ4n) is 16.9. The number of hydrogen-bond acceptors (Lipinski definition) is 6. The lowest BCUT2D eigenvalue weighted by molar-refractivity contribution is 0.195. The zero-order valence-corrected chi connectivity index (χ0v) is 46.0. The van der Waals surface area contributed by atoms with Crippen LogP contribution in [0, 0.1) is 6.92 Å². The summed E-state index contributed by atoms with van der Waals surface area (Å²) in [6.07, 6.45) is 9.66. The van der Waals surface area contributed by atoms with E-state index >= 15 is 0 Å². The number of furan rings is 1. The van der Waals surface area contributed by atoms with Crippen molar-refractivity contribution in [3.63, 3.8) is 0 Å². The minimum Gasteiger partial charge on any atom is -0.454 e. The molecular formula is C71H61BN4OS. The summed E-state index contributed by atoms with van der Waals surface area (Å²) in [5.41, 5.74) is 22.2. The molecule has 4 atom stereocenters. The summed E-state index contributed by atoms with van der Waals surface area (Å²) in [5.74, 6) is 0. The summed E-state index contributed by atoms with van der Waals surface area (Å²) < 4.78 is 9.68. The largest absolute Gasteiger partial charge is 0.454 e. The van der Waals surface area contributed by atoms with Crippen molar-refractivity contribution in [1.82, 2.24) is 0 Å². The zero-order valence-electron chi connectivity index (χ0n) is 45.2. The fourth-order valence-corrected chi connectivity index (χ4v) is 18.0. The first kappa shape index (κ1) is 45.3. The fraction of sp³-hybridized carbons (Fsp3) is 0.239. The molecule has 78 heavy (non-hydrogen) atoms. The Labute approximate surface area is 461 Å². The van der Waals surface area contributed by atoms with E-state index < -0.39 is 0 Å². The van der Waals surface area contributed by atoms with Gasteiger partial charge in [-0.1, -0.05) is 143 Å². The summed E-state index contributed by atoms with van der Waals surface area (Å²) in [6.45, 7) is 12.5. The first-order chi connectivity index (χ1) is 38.1. The van der Waals surface area contributed by atoms with E-state index in [1.165, 1.54) is 143 Å². The molecule has 380 valence electrons. The van der Waals surface area contributed by atoms with Gasteiger partial charge in [0.25, 0.3) is 6.71 Å². The van der Waals surface area contributed by atoms with Crippen molar-refractivity contribution < 1.29 is 4.42 Å². The molecule has 4 unspecified atom stereocenters. The molecular weight excluding hydrogens is 968 g/mol. The van der Waals surface area contributed by atoms with Gasteiger partial charge >= 0.3 is 0 Å². The Hall–Kier alpha value is -7.74. The highest BCUT2D eigenvalue weighted by molar-refractivity contribution is 7.25. The SMILES string of the molecule is Cc1cc2c3c(c1)N(c1cccc4c1oc1ccccc14)c1cc(N4c5ccccc5C5(C)CCCCC45C)ccc1B3c1ccc(N3c4ccccc4C4(C)CCCCC34C)cc1N2c1ccc2c(c1)sc1ccccc12. The van der Waals surface area contributed by atoms with Gasteiger partial charge in [-0.15, -0.1) is 11.3 Å². The highest BCUT2D eigenvalue weighted by Crippen LogP contribution is 2.63. The third-order valence-corrected chi connectivity index (χ3v) is 22.1. The third-order valence-electron chi connectivity index (χ3n) is 21.0. The van der Waals surface area contributed by atoms with E-state index in [2.05, 4.69) is 236 Å². The summed E-state index contributed by atoms with van der Waals surface area (Å²) in [4.78, 5) is 10.7. The van der Waals surface area contributed by atoms with Gasteiger partial charge in [0.05, 0.1) is 16.8 Å². The van der Waals surface area contributed by atoms with Crippen LogP contribution in [0.1, 0.15) is 95.8 Å². The van der Waals surface area contributed by atoms with Gasteiger partial charge in [-0.3, -0.25) is 0 Å². The number of nitrogens with zero attached hydrogens (tertiary/aromatic N) is 4. The number of hydrogen-bond donors (Lipinski definition) is 0. The van der Waals surface area contributed by atoms with Crippen LogP contribution in [0.25, 0.3) is 42.1 Å². The molecule has 2 aliphatic carbocycles. The van der Waals surface area contributed by atoms with Gasteiger partial charge < -0.3 is 24.0 Å². The lowest BCUT2D eigenvalue weighted by atomic mass is 9.33. The van der Waals surface area contributed by atoms with Crippen molar-refractivity contribution in [3.8, 4) is 0 Å². The molecule has 0 radical (unpaired) electrons. The van der Waals surface area contributed by atoms with Crippen LogP contribution in [0.4, 0.5) is 56.9 Å². The van der Waals surface area contributed by atoms with Crippen LogP contribution in [-0.2, 0) is 10.8 Å². The molecule has 4 aliphatic heterocycles. The monoisotopic (exact) mass is 1030 g/mol. The van der Waals surface area contributed by atoms with Gasteiger partial charge in [0.1, 0.15) is 5.58 Å². The lowest BCUT2D eigenvalue weighted by Gasteiger charge is -2.51. The minimum absolute atomic E-state index is 0.0280. The predicted octanol–water partition coefficient (Wildman–Crippen LogP) is 17.8. The van der Waals surface area contributed by atoms with Crippen LogP contribution in [0.15, 0.2) is 186 Å². The molecule has 0 saturated heterocycles. The highest BCUT2D eigenvalue weighted by atomic mass is 32.1. The van der Waals surface area contributed by atoms with Gasteiger partial charge in [-0.2, -0.15) is 0 Å². The summed E-state index contributed by atoms with van der Waals surface area (Å²) in [7, 11) is 0. The van der Waals surface area contributed by atoms with Gasteiger partial charge in [0.15, 0.2) is 5.58 Å². The van der Waals surface area contributed by atoms with Crippen LogP contribution in [0.2, 0.25) is 0 Å². The van der Waals surface area contributed by atoms with E-state index in [0.29, 0.717) is 0 Å². The van der Waals surface area contributed by atoms with Crippen LogP contribution in [0.3, 0.4) is 0 Å².